The van der Waals surface area contributed by atoms with E-state index in [9.17, 15) is 8.42 Å². The van der Waals surface area contributed by atoms with E-state index in [1.807, 2.05) is 0 Å². The van der Waals surface area contributed by atoms with Crippen molar-refractivity contribution in [3.63, 3.8) is 0 Å². The lowest BCUT2D eigenvalue weighted by atomic mass is 9.98. The topological polar surface area (TPSA) is 114 Å². The number of hydrogen-bond acceptors (Lipinski definition) is 7. The van der Waals surface area contributed by atoms with E-state index in [-0.39, 0.29) is 9.92 Å². The predicted molar refractivity (Wildman–Crippen MR) is 108 cm³/mol. The van der Waals surface area contributed by atoms with E-state index in [1.165, 1.54) is 33.5 Å². The Balaban J connectivity index is 2.27. The summed E-state index contributed by atoms with van der Waals surface area (Å²) in [6, 6.07) is 7.69. The van der Waals surface area contributed by atoms with Crippen LogP contribution in [-0.4, -0.2) is 34.9 Å². The molecule has 0 aliphatic heterocycles. The van der Waals surface area contributed by atoms with E-state index in [0.717, 1.165) is 0 Å². The molecule has 0 radical (unpaired) electrons. The Kier molecular flexibility index (Phi) is 5.74. The fourth-order valence-corrected chi connectivity index (χ4v) is 3.83. The average molecular weight is 439 g/mol. The lowest BCUT2D eigenvalue weighted by molar-refractivity contribution is 0.375. The molecule has 1 aromatic heterocycles. The second-order valence-electron chi connectivity index (χ2n) is 6.04. The molecule has 2 N–H and O–H groups in total. The number of aromatic nitrogens is 1. The third-order valence-corrected chi connectivity index (χ3v) is 5.65. The van der Waals surface area contributed by atoms with Gasteiger partial charge in [0.15, 0.2) is 5.75 Å². The zero-order valence-corrected chi connectivity index (χ0v) is 17.7. The molecule has 0 atom stereocenters. The minimum atomic E-state index is -3.81. The molecule has 1 heterocycles. The first-order valence-corrected chi connectivity index (χ1v) is 10.2. The Morgan fingerprint density at radius 1 is 1.00 bits per heavy atom. The lowest BCUT2D eigenvalue weighted by Gasteiger charge is -2.16. The predicted octanol–water partition coefficient (Wildman–Crippen LogP) is 3.64. The molecule has 10 heteroatoms. The van der Waals surface area contributed by atoms with Gasteiger partial charge in [-0.05, 0) is 24.6 Å². The third-order valence-electron chi connectivity index (χ3n) is 4.37. The molecule has 0 saturated carbocycles. The van der Waals surface area contributed by atoms with E-state index < -0.39 is 10.0 Å². The van der Waals surface area contributed by atoms with Gasteiger partial charge in [0.1, 0.15) is 28.0 Å². The number of nitrogens with two attached hydrogens (primary N) is 1. The minimum absolute atomic E-state index is 0.000407. The van der Waals surface area contributed by atoms with Gasteiger partial charge in [-0.2, -0.15) is 0 Å². The molecule has 0 fully saturated rings. The van der Waals surface area contributed by atoms with E-state index in [2.05, 4.69) is 5.16 Å². The molecular weight excluding hydrogens is 420 g/mol. The number of ether oxygens (including phenoxy) is 3. The molecule has 0 amide bonds. The fourth-order valence-electron chi connectivity index (χ4n) is 3.01. The van der Waals surface area contributed by atoms with Gasteiger partial charge in [0.25, 0.3) is 0 Å². The summed E-state index contributed by atoms with van der Waals surface area (Å²) in [4.78, 5) is -0.000407. The van der Waals surface area contributed by atoms with Crippen LogP contribution in [0, 0.1) is 6.92 Å². The van der Waals surface area contributed by atoms with E-state index in [1.54, 1.807) is 25.1 Å². The maximum absolute atomic E-state index is 11.5. The molecular formula is C19H19ClN2O6S. The van der Waals surface area contributed by atoms with Crippen LogP contribution >= 0.6 is 11.6 Å². The van der Waals surface area contributed by atoms with Crippen LogP contribution in [0.5, 0.6) is 17.2 Å². The van der Waals surface area contributed by atoms with Crippen molar-refractivity contribution < 1.29 is 27.2 Å². The van der Waals surface area contributed by atoms with Crippen molar-refractivity contribution in [2.45, 2.75) is 11.8 Å². The highest BCUT2D eigenvalue weighted by Gasteiger charge is 2.27. The number of rotatable bonds is 6. The largest absolute Gasteiger partial charge is 0.496 e. The number of sulfonamides is 1. The van der Waals surface area contributed by atoms with Crippen molar-refractivity contribution in [3.8, 4) is 39.6 Å². The average Bonchev–Trinajstić information content (AvgIpc) is 3.07. The third kappa shape index (κ3) is 3.76. The molecule has 3 aromatic rings. The van der Waals surface area contributed by atoms with Gasteiger partial charge in [0, 0.05) is 6.07 Å². The molecule has 0 bridgehead atoms. The van der Waals surface area contributed by atoms with Gasteiger partial charge in [-0.1, -0.05) is 28.9 Å². The van der Waals surface area contributed by atoms with Crippen molar-refractivity contribution in [1.29, 1.82) is 0 Å². The zero-order valence-electron chi connectivity index (χ0n) is 16.1. The maximum Gasteiger partial charge on any atom is 0.238 e. The quantitative estimate of drug-likeness (QED) is 0.624. The maximum atomic E-state index is 11.5. The first-order valence-electron chi connectivity index (χ1n) is 8.31. The number of hydrogen-bond donors (Lipinski definition) is 1. The SMILES string of the molecule is COc1cc(OC)c(-c2noc(C)c2-c2ccc(S(N)(=O)=O)cc2)c(OC)c1Cl. The van der Waals surface area contributed by atoms with Gasteiger partial charge < -0.3 is 18.7 Å². The molecule has 2 aromatic carbocycles. The number of aryl methyl sites for hydroxylation is 1. The Morgan fingerprint density at radius 2 is 1.62 bits per heavy atom. The van der Waals surface area contributed by atoms with Crippen LogP contribution in [0.4, 0.5) is 0 Å². The summed E-state index contributed by atoms with van der Waals surface area (Å²) in [5.74, 6) is 1.61. The summed E-state index contributed by atoms with van der Waals surface area (Å²) in [6.07, 6.45) is 0. The summed E-state index contributed by atoms with van der Waals surface area (Å²) < 4.78 is 44.8. The molecule has 0 spiro atoms. The Hall–Kier alpha value is -2.75. The Morgan fingerprint density at radius 3 is 2.14 bits per heavy atom. The minimum Gasteiger partial charge on any atom is -0.496 e. The number of benzene rings is 2. The normalized spacial score (nSPS) is 11.4. The van der Waals surface area contributed by atoms with Crippen LogP contribution in [0.3, 0.4) is 0 Å². The van der Waals surface area contributed by atoms with Gasteiger partial charge in [0.05, 0.1) is 37.4 Å². The number of primary sulfonamides is 1. The van der Waals surface area contributed by atoms with Crippen molar-refractivity contribution >= 4 is 21.6 Å². The van der Waals surface area contributed by atoms with Crippen LogP contribution in [0.1, 0.15) is 5.76 Å². The van der Waals surface area contributed by atoms with Crippen LogP contribution in [0.15, 0.2) is 39.8 Å². The molecule has 8 nitrogen and oxygen atoms in total. The van der Waals surface area contributed by atoms with Crippen LogP contribution < -0.4 is 19.3 Å². The van der Waals surface area contributed by atoms with Gasteiger partial charge in [-0.15, -0.1) is 0 Å². The molecule has 0 aliphatic rings. The molecule has 29 heavy (non-hydrogen) atoms. The van der Waals surface area contributed by atoms with Crippen LogP contribution in [0.2, 0.25) is 5.02 Å². The van der Waals surface area contributed by atoms with Crippen molar-refractivity contribution in [2.75, 3.05) is 21.3 Å². The molecule has 154 valence electrons. The monoisotopic (exact) mass is 438 g/mol. The van der Waals surface area contributed by atoms with Crippen molar-refractivity contribution in [1.82, 2.24) is 5.16 Å². The molecule has 0 saturated heterocycles. The van der Waals surface area contributed by atoms with Gasteiger partial charge in [-0.25, -0.2) is 13.6 Å². The van der Waals surface area contributed by atoms with Crippen molar-refractivity contribution in [3.05, 3.63) is 41.1 Å². The van der Waals surface area contributed by atoms with Gasteiger partial charge in [0.2, 0.25) is 10.0 Å². The molecule has 0 unspecified atom stereocenters. The standard InChI is InChI=1S/C19H19ClN2O6S/c1-10-15(11-5-7-12(8-6-11)29(21,23)24)18(22-28-10)16-13(25-2)9-14(26-3)17(20)19(16)27-4/h5-9H,1-4H3,(H2,21,23,24). The van der Waals surface area contributed by atoms with E-state index in [4.69, 9.17) is 35.5 Å². The highest BCUT2D eigenvalue weighted by atomic mass is 35.5. The first kappa shape index (κ1) is 21.0. The van der Waals surface area contributed by atoms with E-state index in [0.29, 0.717) is 45.4 Å². The summed E-state index contributed by atoms with van der Waals surface area (Å²) in [5, 5.41) is 9.60. The highest BCUT2D eigenvalue weighted by Crippen LogP contribution is 2.50. The molecule has 0 aliphatic carbocycles. The smallest absolute Gasteiger partial charge is 0.238 e. The number of nitrogens with zero attached hydrogens (tertiary/aromatic N) is 1. The zero-order chi connectivity index (χ0) is 21.3. The summed E-state index contributed by atoms with van der Waals surface area (Å²) >= 11 is 6.42. The number of halogens is 1. The fraction of sp³-hybridized carbons (Fsp3) is 0.211. The second-order valence-corrected chi connectivity index (χ2v) is 7.97. The summed E-state index contributed by atoms with van der Waals surface area (Å²) in [5.41, 5.74) is 2.19. The Bertz CT molecular complexity index is 1160. The van der Waals surface area contributed by atoms with Crippen molar-refractivity contribution in [2.24, 2.45) is 5.14 Å². The Labute approximate surface area is 173 Å². The highest BCUT2D eigenvalue weighted by molar-refractivity contribution is 7.89. The van der Waals surface area contributed by atoms with Gasteiger partial charge in [-0.3, -0.25) is 0 Å². The van der Waals surface area contributed by atoms with E-state index >= 15 is 0 Å². The van der Waals surface area contributed by atoms with Crippen LogP contribution in [-0.2, 0) is 10.0 Å². The van der Waals surface area contributed by atoms with Crippen LogP contribution in [0.25, 0.3) is 22.4 Å². The lowest BCUT2D eigenvalue weighted by Crippen LogP contribution is -2.11. The second kappa shape index (κ2) is 7.94. The number of methoxy groups -OCH3 is 3. The molecule has 3 rings (SSSR count). The van der Waals surface area contributed by atoms with Gasteiger partial charge >= 0.3 is 0 Å². The summed E-state index contributed by atoms with van der Waals surface area (Å²) in [7, 11) is 0.647. The summed E-state index contributed by atoms with van der Waals surface area (Å²) in [6.45, 7) is 1.74. The first-order chi connectivity index (χ1) is 13.7.